The summed E-state index contributed by atoms with van der Waals surface area (Å²) in [5.74, 6) is 0.411. The molecule has 1 aliphatic rings. The SMILES string of the molecule is CCC1CCCCC1OCc1ccc(C(=O)OC)cc1. The van der Waals surface area contributed by atoms with Crippen molar-refractivity contribution in [3.63, 3.8) is 0 Å². The molecule has 3 nitrogen and oxygen atoms in total. The monoisotopic (exact) mass is 276 g/mol. The second kappa shape index (κ2) is 7.44. The average molecular weight is 276 g/mol. The average Bonchev–Trinajstić information content (AvgIpc) is 2.53. The lowest BCUT2D eigenvalue weighted by Gasteiger charge is -2.30. The second-order valence-corrected chi connectivity index (χ2v) is 5.49. The molecule has 2 rings (SSSR count). The molecule has 0 bridgehead atoms. The lowest BCUT2D eigenvalue weighted by atomic mass is 9.85. The summed E-state index contributed by atoms with van der Waals surface area (Å²) in [7, 11) is 1.40. The fraction of sp³-hybridized carbons (Fsp3) is 0.588. The molecule has 0 radical (unpaired) electrons. The van der Waals surface area contributed by atoms with E-state index in [1.54, 1.807) is 12.1 Å². The highest BCUT2D eigenvalue weighted by atomic mass is 16.5. The van der Waals surface area contributed by atoms with Gasteiger partial charge in [0.2, 0.25) is 0 Å². The van der Waals surface area contributed by atoms with E-state index < -0.39 is 0 Å². The zero-order chi connectivity index (χ0) is 14.4. The predicted molar refractivity (Wildman–Crippen MR) is 78.6 cm³/mol. The molecule has 1 aromatic rings. The lowest BCUT2D eigenvalue weighted by molar-refractivity contribution is -0.0222. The van der Waals surface area contributed by atoms with Crippen molar-refractivity contribution in [1.82, 2.24) is 0 Å². The van der Waals surface area contributed by atoms with Crippen LogP contribution in [0, 0.1) is 5.92 Å². The summed E-state index contributed by atoms with van der Waals surface area (Å²) < 4.78 is 10.8. The zero-order valence-corrected chi connectivity index (χ0v) is 12.4. The first kappa shape index (κ1) is 15.0. The fourth-order valence-corrected chi connectivity index (χ4v) is 2.92. The first-order valence-corrected chi connectivity index (χ1v) is 7.53. The number of ether oxygens (including phenoxy) is 2. The van der Waals surface area contributed by atoms with Gasteiger partial charge in [-0.3, -0.25) is 0 Å². The Morgan fingerprint density at radius 2 is 1.90 bits per heavy atom. The van der Waals surface area contributed by atoms with Crippen molar-refractivity contribution in [2.24, 2.45) is 5.92 Å². The normalized spacial score (nSPS) is 22.5. The van der Waals surface area contributed by atoms with Gasteiger partial charge in [0.15, 0.2) is 0 Å². The number of benzene rings is 1. The van der Waals surface area contributed by atoms with Gasteiger partial charge in [-0.05, 0) is 36.5 Å². The maximum Gasteiger partial charge on any atom is 0.337 e. The van der Waals surface area contributed by atoms with Gasteiger partial charge in [-0.15, -0.1) is 0 Å². The third-order valence-electron chi connectivity index (χ3n) is 4.20. The Balaban J connectivity index is 1.88. The van der Waals surface area contributed by atoms with Crippen molar-refractivity contribution >= 4 is 5.97 Å². The molecule has 2 unspecified atom stereocenters. The molecule has 0 N–H and O–H groups in total. The van der Waals surface area contributed by atoms with Crippen molar-refractivity contribution < 1.29 is 14.3 Å². The molecule has 1 fully saturated rings. The van der Waals surface area contributed by atoms with E-state index in [4.69, 9.17) is 4.74 Å². The summed E-state index contributed by atoms with van der Waals surface area (Å²) in [4.78, 5) is 11.4. The van der Waals surface area contributed by atoms with Crippen molar-refractivity contribution in [2.75, 3.05) is 7.11 Å². The molecule has 0 amide bonds. The fourth-order valence-electron chi connectivity index (χ4n) is 2.92. The third-order valence-corrected chi connectivity index (χ3v) is 4.20. The Bertz CT molecular complexity index is 424. The molecule has 2 atom stereocenters. The summed E-state index contributed by atoms with van der Waals surface area (Å²) in [6, 6.07) is 7.47. The van der Waals surface area contributed by atoms with E-state index in [2.05, 4.69) is 11.7 Å². The first-order valence-electron chi connectivity index (χ1n) is 7.53. The van der Waals surface area contributed by atoms with Crippen LogP contribution in [-0.4, -0.2) is 19.2 Å². The van der Waals surface area contributed by atoms with Gasteiger partial charge >= 0.3 is 5.97 Å². The molecular weight excluding hydrogens is 252 g/mol. The van der Waals surface area contributed by atoms with Crippen LogP contribution in [0.1, 0.15) is 54.9 Å². The Morgan fingerprint density at radius 3 is 2.55 bits per heavy atom. The quantitative estimate of drug-likeness (QED) is 0.764. The minimum absolute atomic E-state index is 0.296. The molecular formula is C17H24O3. The maximum atomic E-state index is 11.4. The number of rotatable bonds is 5. The molecule has 0 spiro atoms. The Morgan fingerprint density at radius 1 is 1.20 bits per heavy atom. The Labute approximate surface area is 121 Å². The van der Waals surface area contributed by atoms with Crippen molar-refractivity contribution in [2.45, 2.75) is 51.7 Å². The number of hydrogen-bond acceptors (Lipinski definition) is 3. The molecule has 0 saturated heterocycles. The smallest absolute Gasteiger partial charge is 0.337 e. The Kier molecular flexibility index (Phi) is 5.60. The van der Waals surface area contributed by atoms with E-state index in [9.17, 15) is 4.79 Å². The number of esters is 1. The summed E-state index contributed by atoms with van der Waals surface area (Å²) in [5, 5.41) is 0. The van der Waals surface area contributed by atoms with E-state index in [0.29, 0.717) is 24.2 Å². The predicted octanol–water partition coefficient (Wildman–Crippen LogP) is 3.96. The number of carbonyl (C=O) groups is 1. The van der Waals surface area contributed by atoms with Crippen molar-refractivity contribution in [1.29, 1.82) is 0 Å². The number of carbonyl (C=O) groups excluding carboxylic acids is 1. The minimum Gasteiger partial charge on any atom is -0.465 e. The van der Waals surface area contributed by atoms with Crippen LogP contribution in [0.2, 0.25) is 0 Å². The van der Waals surface area contributed by atoms with E-state index in [-0.39, 0.29) is 5.97 Å². The van der Waals surface area contributed by atoms with E-state index >= 15 is 0 Å². The lowest BCUT2D eigenvalue weighted by Crippen LogP contribution is -2.27. The molecule has 1 saturated carbocycles. The van der Waals surface area contributed by atoms with Crippen LogP contribution in [0.25, 0.3) is 0 Å². The van der Waals surface area contributed by atoms with Gasteiger partial charge in [0.05, 0.1) is 25.4 Å². The molecule has 3 heteroatoms. The molecule has 1 aromatic carbocycles. The summed E-state index contributed by atoms with van der Waals surface area (Å²) in [6.07, 6.45) is 6.69. The Hall–Kier alpha value is -1.35. The van der Waals surface area contributed by atoms with Gasteiger partial charge in [0, 0.05) is 0 Å². The van der Waals surface area contributed by atoms with Crippen LogP contribution in [0.5, 0.6) is 0 Å². The number of hydrogen-bond donors (Lipinski definition) is 0. The highest BCUT2D eigenvalue weighted by Crippen LogP contribution is 2.29. The second-order valence-electron chi connectivity index (χ2n) is 5.49. The molecule has 110 valence electrons. The molecule has 0 aromatic heterocycles. The maximum absolute atomic E-state index is 11.4. The standard InChI is InChI=1S/C17H24O3/c1-3-14-6-4-5-7-16(14)20-12-13-8-10-15(11-9-13)17(18)19-2/h8-11,14,16H,3-7,12H2,1-2H3. The van der Waals surface area contributed by atoms with Crippen LogP contribution in [0.4, 0.5) is 0 Å². The highest BCUT2D eigenvalue weighted by Gasteiger charge is 2.24. The van der Waals surface area contributed by atoms with E-state index in [0.717, 1.165) is 5.56 Å². The molecule has 20 heavy (non-hydrogen) atoms. The van der Waals surface area contributed by atoms with Crippen LogP contribution in [0.15, 0.2) is 24.3 Å². The van der Waals surface area contributed by atoms with Crippen LogP contribution < -0.4 is 0 Å². The molecule has 0 aliphatic heterocycles. The van der Waals surface area contributed by atoms with Gasteiger partial charge in [-0.25, -0.2) is 4.79 Å². The summed E-state index contributed by atoms with van der Waals surface area (Å²) in [6.45, 7) is 2.88. The summed E-state index contributed by atoms with van der Waals surface area (Å²) in [5.41, 5.74) is 1.69. The van der Waals surface area contributed by atoms with Crippen molar-refractivity contribution in [3.05, 3.63) is 35.4 Å². The van der Waals surface area contributed by atoms with Gasteiger partial charge in [-0.1, -0.05) is 38.3 Å². The molecule has 0 heterocycles. The van der Waals surface area contributed by atoms with Crippen molar-refractivity contribution in [3.8, 4) is 0 Å². The highest BCUT2D eigenvalue weighted by molar-refractivity contribution is 5.89. The van der Waals surface area contributed by atoms with Gasteiger partial charge in [-0.2, -0.15) is 0 Å². The van der Waals surface area contributed by atoms with Crippen LogP contribution >= 0.6 is 0 Å². The summed E-state index contributed by atoms with van der Waals surface area (Å²) >= 11 is 0. The van der Waals surface area contributed by atoms with Gasteiger partial charge in [0.1, 0.15) is 0 Å². The first-order chi connectivity index (χ1) is 9.74. The van der Waals surface area contributed by atoms with Gasteiger partial charge < -0.3 is 9.47 Å². The number of methoxy groups -OCH3 is 1. The van der Waals surface area contributed by atoms with Crippen LogP contribution in [0.3, 0.4) is 0 Å². The largest absolute Gasteiger partial charge is 0.465 e. The zero-order valence-electron chi connectivity index (χ0n) is 12.4. The topological polar surface area (TPSA) is 35.5 Å². The van der Waals surface area contributed by atoms with Gasteiger partial charge in [0.25, 0.3) is 0 Å². The van der Waals surface area contributed by atoms with E-state index in [1.807, 2.05) is 12.1 Å². The van der Waals surface area contributed by atoms with Crippen LogP contribution in [-0.2, 0) is 16.1 Å². The third kappa shape index (κ3) is 3.83. The molecule has 1 aliphatic carbocycles. The van der Waals surface area contributed by atoms with E-state index in [1.165, 1.54) is 39.2 Å². The minimum atomic E-state index is -0.296.